The first-order valence-electron chi connectivity index (χ1n) is 18.1. The molecule has 276 valence electrons. The first kappa shape index (κ1) is 40.6. The maximum absolute atomic E-state index is 14.3. The quantitative estimate of drug-likeness (QED) is 0.0614. The molecule has 1 aliphatic heterocycles. The van der Waals surface area contributed by atoms with E-state index in [-0.39, 0.29) is 48.9 Å². The standard InChI is InChI=1S/C40H51BN3O5PS2/c1-27(2)44(28(3)4)50(47-22-14-21-42)49-35-23-38(41)48-36(35)25-43(24-29-15-8-13-20-37(29)51-52-40(5,6)7)39(45)46-26-34-32-18-11-9-16-30(32)31-17-10-12-19-33(31)34/h8-13,15-20,27-28,34-36,38H,14,22-26H2,1-7H3. The van der Waals surface area contributed by atoms with Crippen LogP contribution in [0.3, 0.4) is 0 Å². The van der Waals surface area contributed by atoms with Crippen LogP contribution in [0.2, 0.25) is 0 Å². The van der Waals surface area contributed by atoms with Crippen molar-refractivity contribution in [2.75, 3.05) is 19.8 Å². The largest absolute Gasteiger partial charge is 0.448 e. The molecule has 4 atom stereocenters. The van der Waals surface area contributed by atoms with Crippen LogP contribution in [-0.2, 0) is 25.1 Å². The lowest BCUT2D eigenvalue weighted by atomic mass is 9.96. The highest BCUT2D eigenvalue weighted by Gasteiger charge is 2.41. The van der Waals surface area contributed by atoms with Crippen molar-refractivity contribution in [3.05, 3.63) is 89.5 Å². The molecule has 8 nitrogen and oxygen atoms in total. The van der Waals surface area contributed by atoms with E-state index in [1.165, 1.54) is 11.1 Å². The van der Waals surface area contributed by atoms with Gasteiger partial charge in [-0.15, -0.1) is 0 Å². The summed E-state index contributed by atoms with van der Waals surface area (Å²) in [6.45, 7) is 16.0. The Bertz CT molecular complexity index is 1630. The van der Waals surface area contributed by atoms with E-state index in [9.17, 15) is 10.1 Å². The number of ether oxygens (including phenoxy) is 2. The van der Waals surface area contributed by atoms with Gasteiger partial charge in [0.1, 0.15) is 20.6 Å². The van der Waals surface area contributed by atoms with Crippen molar-refractivity contribution in [2.24, 2.45) is 0 Å². The van der Waals surface area contributed by atoms with Crippen LogP contribution in [0.4, 0.5) is 4.79 Å². The number of hydrogen-bond donors (Lipinski definition) is 0. The Hall–Kier alpha value is -2.55. The maximum Gasteiger partial charge on any atom is 0.410 e. The van der Waals surface area contributed by atoms with Gasteiger partial charge in [0.2, 0.25) is 0 Å². The average Bonchev–Trinajstić information content (AvgIpc) is 3.61. The summed E-state index contributed by atoms with van der Waals surface area (Å²) in [7, 11) is 8.38. The number of amides is 1. The smallest absolute Gasteiger partial charge is 0.410 e. The van der Waals surface area contributed by atoms with Crippen molar-refractivity contribution in [3.8, 4) is 17.2 Å². The van der Waals surface area contributed by atoms with Gasteiger partial charge in [-0.3, -0.25) is 0 Å². The zero-order valence-corrected chi connectivity index (χ0v) is 33.9. The van der Waals surface area contributed by atoms with E-state index in [1.54, 1.807) is 26.5 Å². The van der Waals surface area contributed by atoms with Crippen molar-refractivity contribution >= 4 is 44.1 Å². The van der Waals surface area contributed by atoms with Crippen LogP contribution in [-0.4, -0.2) is 78.3 Å². The Morgan fingerprint density at radius 2 is 1.62 bits per heavy atom. The molecule has 0 spiro atoms. The van der Waals surface area contributed by atoms with Gasteiger partial charge in [-0.2, -0.15) is 5.26 Å². The second kappa shape index (κ2) is 18.7. The predicted octanol–water partition coefficient (Wildman–Crippen LogP) is 9.92. The summed E-state index contributed by atoms with van der Waals surface area (Å²) in [5.74, 6) is -0.0661. The lowest BCUT2D eigenvalue weighted by molar-refractivity contribution is 0.00616. The van der Waals surface area contributed by atoms with E-state index >= 15 is 0 Å². The van der Waals surface area contributed by atoms with E-state index in [0.29, 0.717) is 13.0 Å². The maximum atomic E-state index is 14.3. The van der Waals surface area contributed by atoms with Crippen molar-refractivity contribution < 1.29 is 23.3 Å². The number of nitriles is 1. The molecule has 4 unspecified atom stereocenters. The number of carbonyl (C=O) groups excluding carboxylic acids is 1. The lowest BCUT2D eigenvalue weighted by Gasteiger charge is -2.38. The first-order chi connectivity index (χ1) is 24.9. The lowest BCUT2D eigenvalue weighted by Crippen LogP contribution is -2.42. The van der Waals surface area contributed by atoms with Crippen LogP contribution in [0, 0.1) is 11.3 Å². The highest BCUT2D eigenvalue weighted by Crippen LogP contribution is 2.49. The minimum atomic E-state index is -1.54. The molecule has 0 aromatic heterocycles. The molecule has 5 rings (SSSR count). The minimum Gasteiger partial charge on any atom is -0.448 e. The van der Waals surface area contributed by atoms with Gasteiger partial charge in [-0.25, -0.2) is 9.46 Å². The van der Waals surface area contributed by atoms with Crippen molar-refractivity contribution in [3.63, 3.8) is 0 Å². The first-order valence-corrected chi connectivity index (χ1v) is 21.3. The van der Waals surface area contributed by atoms with Crippen LogP contribution in [0.15, 0.2) is 77.7 Å². The molecule has 0 bridgehead atoms. The summed E-state index contributed by atoms with van der Waals surface area (Å²) in [6.07, 6.45) is -0.677. The number of hydrogen-bond acceptors (Lipinski definition) is 9. The summed E-state index contributed by atoms with van der Waals surface area (Å²) in [5.41, 5.74) is 5.69. The van der Waals surface area contributed by atoms with Crippen LogP contribution in [0.25, 0.3) is 11.1 Å². The van der Waals surface area contributed by atoms with E-state index in [4.69, 9.17) is 26.4 Å². The number of fused-ring (bicyclic) bond motifs is 3. The second-order valence-electron chi connectivity index (χ2n) is 14.7. The monoisotopic (exact) mass is 759 g/mol. The molecule has 0 N–H and O–H groups in total. The molecule has 2 radical (unpaired) electrons. The Kier molecular flexibility index (Phi) is 14.6. The molecule has 0 saturated carbocycles. The SMILES string of the molecule is [B]C1CC(OP(OCCC#N)N(C(C)C)C(C)C)C(CN(Cc2ccccc2SSC(C)(C)C)C(=O)OCC2c3ccccc3-c3ccccc32)O1. The van der Waals surface area contributed by atoms with Crippen LogP contribution in [0.1, 0.15) is 83.9 Å². The summed E-state index contributed by atoms with van der Waals surface area (Å²) in [5, 5.41) is 9.21. The van der Waals surface area contributed by atoms with Gasteiger partial charge in [0.25, 0.3) is 8.53 Å². The highest BCUT2D eigenvalue weighted by atomic mass is 33.1. The van der Waals surface area contributed by atoms with Gasteiger partial charge in [0, 0.05) is 33.6 Å². The summed E-state index contributed by atoms with van der Waals surface area (Å²) >= 11 is 0. The molecular weight excluding hydrogens is 708 g/mol. The molecule has 2 aliphatic rings. The van der Waals surface area contributed by atoms with Gasteiger partial charge < -0.3 is 23.4 Å². The third-order valence-corrected chi connectivity index (χ3v) is 14.4. The van der Waals surface area contributed by atoms with Gasteiger partial charge in [0.05, 0.1) is 38.3 Å². The van der Waals surface area contributed by atoms with Gasteiger partial charge in [0.15, 0.2) is 0 Å². The van der Waals surface area contributed by atoms with Crippen LogP contribution < -0.4 is 0 Å². The average molecular weight is 760 g/mol. The van der Waals surface area contributed by atoms with Crippen molar-refractivity contribution in [1.29, 1.82) is 5.26 Å². The van der Waals surface area contributed by atoms with Gasteiger partial charge >= 0.3 is 6.09 Å². The van der Waals surface area contributed by atoms with Crippen LogP contribution >= 0.6 is 30.1 Å². The molecule has 1 saturated heterocycles. The Labute approximate surface area is 321 Å². The van der Waals surface area contributed by atoms with Gasteiger partial charge in [-0.1, -0.05) is 109 Å². The molecular formula is C40H51BN3O5PS2. The minimum absolute atomic E-state index is 0.0518. The zero-order valence-electron chi connectivity index (χ0n) is 31.4. The molecule has 3 aromatic rings. The van der Waals surface area contributed by atoms with Crippen molar-refractivity contribution in [2.45, 2.75) is 114 Å². The van der Waals surface area contributed by atoms with E-state index in [1.807, 2.05) is 36.4 Å². The Balaban J connectivity index is 1.40. The fourth-order valence-corrected chi connectivity index (χ4v) is 10.6. The highest BCUT2D eigenvalue weighted by molar-refractivity contribution is 8.77. The Morgan fingerprint density at radius 3 is 2.23 bits per heavy atom. The molecule has 1 aliphatic carbocycles. The van der Waals surface area contributed by atoms with Crippen LogP contribution in [0.5, 0.6) is 0 Å². The molecule has 12 heteroatoms. The van der Waals surface area contributed by atoms with E-state index in [2.05, 4.69) is 95.6 Å². The molecule has 3 aromatic carbocycles. The third kappa shape index (κ3) is 10.6. The number of rotatable bonds is 16. The Morgan fingerprint density at radius 1 is 1.00 bits per heavy atom. The fraction of sp³-hybridized carbons (Fsp3) is 0.500. The zero-order chi connectivity index (χ0) is 37.4. The van der Waals surface area contributed by atoms with Crippen molar-refractivity contribution in [1.82, 2.24) is 9.57 Å². The fourth-order valence-electron chi connectivity index (χ4n) is 6.63. The molecule has 1 fully saturated rings. The third-order valence-electron chi connectivity index (χ3n) is 8.83. The summed E-state index contributed by atoms with van der Waals surface area (Å²) < 4.78 is 27.7. The van der Waals surface area contributed by atoms with Gasteiger partial charge in [-0.05, 0) is 68.0 Å². The summed E-state index contributed by atoms with van der Waals surface area (Å²) in [6, 6.07) is 26.7. The molecule has 52 heavy (non-hydrogen) atoms. The normalized spacial score (nSPS) is 19.1. The predicted molar refractivity (Wildman–Crippen MR) is 214 cm³/mol. The topological polar surface area (TPSA) is 84.3 Å². The number of benzene rings is 3. The van der Waals surface area contributed by atoms with E-state index in [0.717, 1.165) is 21.6 Å². The molecule has 1 heterocycles. The number of carbonyl (C=O) groups is 1. The van der Waals surface area contributed by atoms with E-state index < -0.39 is 32.8 Å². The second-order valence-corrected chi connectivity index (χ2v) is 19.1. The molecule has 1 amide bonds. The number of nitrogens with zero attached hydrogens (tertiary/aromatic N) is 3. The summed E-state index contributed by atoms with van der Waals surface area (Å²) in [4.78, 5) is 17.1.